The smallest absolute Gasteiger partial charge is 0.259 e. The van der Waals surface area contributed by atoms with Crippen molar-refractivity contribution in [1.29, 1.82) is 0 Å². The highest BCUT2D eigenvalue weighted by molar-refractivity contribution is 5.95. The van der Waals surface area contributed by atoms with Crippen molar-refractivity contribution in [2.45, 2.75) is 12.5 Å². The van der Waals surface area contributed by atoms with Gasteiger partial charge in [0.2, 0.25) is 0 Å². The van der Waals surface area contributed by atoms with Gasteiger partial charge in [-0.3, -0.25) is 4.79 Å². The van der Waals surface area contributed by atoms with Gasteiger partial charge in [0.05, 0.1) is 0 Å². The summed E-state index contributed by atoms with van der Waals surface area (Å²) in [5, 5.41) is 3.05. The third kappa shape index (κ3) is 2.29. The lowest BCUT2D eigenvalue weighted by Crippen LogP contribution is -2.34. The van der Waals surface area contributed by atoms with Crippen molar-refractivity contribution < 1.29 is 13.6 Å². The molecule has 3 nitrogen and oxygen atoms in total. The molecule has 1 amide bonds. The van der Waals surface area contributed by atoms with Gasteiger partial charge < -0.3 is 10.2 Å². The fraction of sp³-hybridized carbons (Fsp3) is 0.417. The predicted octanol–water partition coefficient (Wildman–Crippen LogP) is 1.40. The molecule has 2 rings (SSSR count). The largest absolute Gasteiger partial charge is 0.337 e. The van der Waals surface area contributed by atoms with Crippen molar-refractivity contribution in [2.75, 3.05) is 20.1 Å². The minimum Gasteiger partial charge on any atom is -0.337 e. The van der Waals surface area contributed by atoms with E-state index in [2.05, 4.69) is 5.32 Å². The van der Waals surface area contributed by atoms with E-state index in [4.69, 9.17) is 0 Å². The molecular formula is C12H14F2N2O. The molecule has 0 aliphatic carbocycles. The maximum absolute atomic E-state index is 13.4. The number of likely N-dealkylation sites (N-methyl/N-ethyl adjacent to an activating group) is 1. The van der Waals surface area contributed by atoms with Gasteiger partial charge in [0, 0.05) is 19.1 Å². The lowest BCUT2D eigenvalue weighted by Gasteiger charge is -2.17. The highest BCUT2D eigenvalue weighted by Crippen LogP contribution is 2.18. The highest BCUT2D eigenvalue weighted by Gasteiger charge is 2.29. The van der Waals surface area contributed by atoms with Crippen LogP contribution >= 0.6 is 0 Å². The molecular weight excluding hydrogens is 226 g/mol. The third-order valence-corrected chi connectivity index (χ3v) is 3.06. The van der Waals surface area contributed by atoms with Crippen molar-refractivity contribution >= 4 is 5.91 Å². The summed E-state index contributed by atoms with van der Waals surface area (Å²) >= 11 is 0. The van der Waals surface area contributed by atoms with Gasteiger partial charge in [-0.1, -0.05) is 6.07 Å². The second kappa shape index (κ2) is 4.79. The quantitative estimate of drug-likeness (QED) is 0.847. The van der Waals surface area contributed by atoms with Crippen LogP contribution in [0.2, 0.25) is 0 Å². The normalized spacial score (nSPS) is 19.7. The van der Waals surface area contributed by atoms with Crippen LogP contribution in [0.4, 0.5) is 8.78 Å². The van der Waals surface area contributed by atoms with E-state index >= 15 is 0 Å². The number of likely N-dealkylation sites (tertiary alicyclic amines) is 1. The lowest BCUT2D eigenvalue weighted by atomic mass is 10.1. The lowest BCUT2D eigenvalue weighted by molar-refractivity contribution is 0.0780. The van der Waals surface area contributed by atoms with E-state index < -0.39 is 23.1 Å². The van der Waals surface area contributed by atoms with Gasteiger partial charge in [-0.05, 0) is 25.6 Å². The monoisotopic (exact) mass is 240 g/mol. The van der Waals surface area contributed by atoms with Gasteiger partial charge in [0.25, 0.3) is 5.91 Å². The number of halogens is 2. The molecule has 0 radical (unpaired) electrons. The Labute approximate surface area is 98.4 Å². The van der Waals surface area contributed by atoms with Crippen LogP contribution in [-0.2, 0) is 0 Å². The first kappa shape index (κ1) is 12.0. The van der Waals surface area contributed by atoms with Crippen molar-refractivity contribution in [3.05, 3.63) is 35.4 Å². The molecule has 1 aromatic rings. The first-order valence-electron chi connectivity index (χ1n) is 5.54. The van der Waals surface area contributed by atoms with Crippen LogP contribution in [0.1, 0.15) is 16.8 Å². The molecule has 1 aliphatic rings. The fourth-order valence-corrected chi connectivity index (χ4v) is 2.04. The number of hydrogen-bond acceptors (Lipinski definition) is 2. The average molecular weight is 240 g/mol. The van der Waals surface area contributed by atoms with Crippen LogP contribution in [0.5, 0.6) is 0 Å². The summed E-state index contributed by atoms with van der Waals surface area (Å²) in [6.07, 6.45) is 0.804. The van der Waals surface area contributed by atoms with Gasteiger partial charge >= 0.3 is 0 Å². The summed E-state index contributed by atoms with van der Waals surface area (Å²) in [7, 11) is 1.81. The van der Waals surface area contributed by atoms with Gasteiger partial charge in [-0.15, -0.1) is 0 Å². The molecule has 1 aromatic carbocycles. The third-order valence-electron chi connectivity index (χ3n) is 3.06. The molecule has 1 aliphatic heterocycles. The molecule has 5 heteroatoms. The highest BCUT2D eigenvalue weighted by atomic mass is 19.1. The Balaban J connectivity index is 2.21. The number of rotatable bonds is 2. The summed E-state index contributed by atoms with van der Waals surface area (Å²) < 4.78 is 26.9. The van der Waals surface area contributed by atoms with Gasteiger partial charge in [-0.25, -0.2) is 8.78 Å². The Bertz CT molecular complexity index is 416. The number of benzene rings is 1. The van der Waals surface area contributed by atoms with Crippen LogP contribution in [-0.4, -0.2) is 37.0 Å². The maximum atomic E-state index is 13.4. The summed E-state index contributed by atoms with van der Waals surface area (Å²) in [6.45, 7) is 1.02. The molecule has 0 spiro atoms. The minimum absolute atomic E-state index is 0.203. The van der Waals surface area contributed by atoms with Gasteiger partial charge in [-0.2, -0.15) is 0 Å². The van der Waals surface area contributed by atoms with Crippen molar-refractivity contribution in [3.63, 3.8) is 0 Å². The zero-order valence-corrected chi connectivity index (χ0v) is 9.54. The topological polar surface area (TPSA) is 32.3 Å². The van der Waals surface area contributed by atoms with Crippen molar-refractivity contribution in [3.8, 4) is 0 Å². The molecule has 1 unspecified atom stereocenters. The van der Waals surface area contributed by atoms with Crippen LogP contribution in [0, 0.1) is 11.6 Å². The predicted molar refractivity (Wildman–Crippen MR) is 59.7 cm³/mol. The van der Waals surface area contributed by atoms with Crippen LogP contribution in [0.15, 0.2) is 18.2 Å². The summed E-state index contributed by atoms with van der Waals surface area (Å²) in [5.41, 5.74) is -0.454. The molecule has 0 bridgehead atoms. The summed E-state index contributed by atoms with van der Waals surface area (Å²) in [6, 6.07) is 3.65. The zero-order chi connectivity index (χ0) is 12.4. The molecule has 0 saturated carbocycles. The summed E-state index contributed by atoms with van der Waals surface area (Å²) in [4.78, 5) is 13.4. The van der Waals surface area contributed by atoms with Gasteiger partial charge in [0.15, 0.2) is 0 Å². The van der Waals surface area contributed by atoms with Crippen molar-refractivity contribution in [1.82, 2.24) is 10.2 Å². The molecule has 1 fully saturated rings. The Morgan fingerprint density at radius 3 is 2.59 bits per heavy atom. The van der Waals surface area contributed by atoms with E-state index in [0.717, 1.165) is 18.6 Å². The number of hydrogen-bond donors (Lipinski definition) is 1. The Morgan fingerprint density at radius 1 is 1.41 bits per heavy atom. The van der Waals surface area contributed by atoms with E-state index in [1.54, 1.807) is 0 Å². The summed E-state index contributed by atoms with van der Waals surface area (Å²) in [5.74, 6) is -2.18. The first-order valence-corrected chi connectivity index (χ1v) is 5.54. The van der Waals surface area contributed by atoms with Crippen LogP contribution in [0.25, 0.3) is 0 Å². The second-order valence-corrected chi connectivity index (χ2v) is 4.12. The standard InChI is InChI=1S/C12H14F2N2O/c1-15-8-5-6-16(7-8)12(17)11-9(13)3-2-4-10(11)14/h2-4,8,15H,5-7H2,1H3. The molecule has 1 saturated heterocycles. The van der Waals surface area contributed by atoms with E-state index in [0.29, 0.717) is 13.1 Å². The molecule has 0 aromatic heterocycles. The van der Waals surface area contributed by atoms with E-state index in [-0.39, 0.29) is 6.04 Å². The molecule has 1 atom stereocenters. The SMILES string of the molecule is CNC1CCN(C(=O)c2c(F)cccc2F)C1. The Hall–Kier alpha value is -1.49. The molecule has 1 heterocycles. The number of carbonyl (C=O) groups is 1. The molecule has 1 N–H and O–H groups in total. The van der Waals surface area contributed by atoms with E-state index in [1.165, 1.54) is 11.0 Å². The Morgan fingerprint density at radius 2 is 2.06 bits per heavy atom. The maximum Gasteiger partial charge on any atom is 0.259 e. The van der Waals surface area contributed by atoms with Crippen LogP contribution in [0.3, 0.4) is 0 Å². The number of nitrogens with zero attached hydrogens (tertiary/aromatic N) is 1. The average Bonchev–Trinajstić information content (AvgIpc) is 2.77. The number of amides is 1. The Kier molecular flexibility index (Phi) is 3.38. The fourth-order valence-electron chi connectivity index (χ4n) is 2.04. The molecule has 17 heavy (non-hydrogen) atoms. The number of carbonyl (C=O) groups excluding carboxylic acids is 1. The van der Waals surface area contributed by atoms with Crippen molar-refractivity contribution in [2.24, 2.45) is 0 Å². The van der Waals surface area contributed by atoms with E-state index in [1.807, 2.05) is 7.05 Å². The molecule has 92 valence electrons. The first-order chi connectivity index (χ1) is 8.13. The zero-order valence-electron chi connectivity index (χ0n) is 9.54. The second-order valence-electron chi connectivity index (χ2n) is 4.12. The minimum atomic E-state index is -0.803. The van der Waals surface area contributed by atoms with Crippen LogP contribution < -0.4 is 5.32 Å². The number of nitrogens with one attached hydrogen (secondary N) is 1. The van der Waals surface area contributed by atoms with E-state index in [9.17, 15) is 13.6 Å². The van der Waals surface area contributed by atoms with Gasteiger partial charge in [0.1, 0.15) is 17.2 Å².